The molecule has 56 heavy (non-hydrogen) atoms. The molecule has 0 heterocycles. The molecule has 304 valence electrons. The molecule has 0 aromatic heterocycles. The first-order valence-electron chi connectivity index (χ1n) is 19.1. The molecule has 0 atom stereocenters. The predicted molar refractivity (Wildman–Crippen MR) is 217 cm³/mol. The van der Waals surface area contributed by atoms with Gasteiger partial charge in [0.1, 0.15) is 11.5 Å². The van der Waals surface area contributed by atoms with Gasteiger partial charge in [-0.05, 0) is 105 Å². The number of hydrogen-bond acceptors (Lipinski definition) is 8. The predicted octanol–water partition coefficient (Wildman–Crippen LogP) is 10.1. The van der Waals surface area contributed by atoms with Gasteiger partial charge in [0.25, 0.3) is 0 Å². The molecular formula is C45H56N2NiO8. The van der Waals surface area contributed by atoms with E-state index in [-0.39, 0.29) is 27.6 Å². The number of carboxylic acid groups (broad SMARTS) is 2. The molecule has 4 aromatic rings. The molecule has 4 rings (SSSR count). The second-order valence-corrected chi connectivity index (χ2v) is 13.2. The van der Waals surface area contributed by atoms with Gasteiger partial charge < -0.3 is 30.6 Å². The quantitative estimate of drug-likeness (QED) is 0.0489. The molecule has 0 saturated carbocycles. The van der Waals surface area contributed by atoms with Crippen LogP contribution >= 0.6 is 0 Å². The maximum Gasteiger partial charge on any atom is 2.00 e. The Hall–Kier alpha value is -5.15. The number of unbranched alkanes of at least 4 members (excludes halogenated alkanes) is 3. The Labute approximate surface area is 341 Å². The summed E-state index contributed by atoms with van der Waals surface area (Å²) in [5, 5.41) is 59.2. The summed E-state index contributed by atoms with van der Waals surface area (Å²) in [6.45, 7) is 11.6. The molecule has 0 saturated heterocycles. The summed E-state index contributed by atoms with van der Waals surface area (Å²) in [5.74, 6) is -5.13. The smallest absolute Gasteiger partial charge is 0.869 e. The van der Waals surface area contributed by atoms with Crippen molar-refractivity contribution in [3.63, 3.8) is 0 Å². The zero-order chi connectivity index (χ0) is 40.9. The normalized spacial score (nSPS) is 11.0. The third kappa shape index (κ3) is 15.2. The van der Waals surface area contributed by atoms with Crippen LogP contribution in [-0.4, -0.2) is 43.8 Å². The number of carboxylic acids is 2. The minimum Gasteiger partial charge on any atom is -0.869 e. The van der Waals surface area contributed by atoms with E-state index in [1.807, 2.05) is 50.2 Å². The summed E-state index contributed by atoms with van der Waals surface area (Å²) < 4.78 is 0. The third-order valence-electron chi connectivity index (χ3n) is 8.74. The van der Waals surface area contributed by atoms with E-state index < -0.39 is 34.9 Å². The van der Waals surface area contributed by atoms with Crippen LogP contribution in [0.5, 0.6) is 23.0 Å². The van der Waals surface area contributed by atoms with Gasteiger partial charge in [0.05, 0.1) is 33.9 Å². The van der Waals surface area contributed by atoms with Gasteiger partial charge in [0.15, 0.2) is 0 Å². The Balaban J connectivity index is 0.000000440. The molecule has 0 spiro atoms. The Morgan fingerprint density at radius 2 is 0.964 bits per heavy atom. The maximum absolute atomic E-state index is 11.4. The summed E-state index contributed by atoms with van der Waals surface area (Å²) in [7, 11) is 0. The molecule has 4 N–H and O–H groups in total. The van der Waals surface area contributed by atoms with Gasteiger partial charge in [0.2, 0.25) is 0 Å². The summed E-state index contributed by atoms with van der Waals surface area (Å²) in [6.07, 6.45) is 10.6. The second kappa shape index (κ2) is 25.8. The minimum atomic E-state index is -1.28. The van der Waals surface area contributed by atoms with Crippen molar-refractivity contribution in [1.82, 2.24) is 0 Å². The number of aryl methyl sites for hydroxylation is 2. The standard InChI is InChI=1S/C23H30N2.2C11H14O4.Ni/c1-3-5-6-13-19-23(25-21-17-11-8-12-18-21)22(14-4-2)24-20-15-9-7-10-16-20;2*1-3-4-7-6(2)5-8(12)10(13)9(7)11(14)15;/h7-12,15-18H,3-6,13-14,19H2,1-2H3;2*5,12-13H,3-4H2,1-2H3,(H,14,15);/q;;;+2/p-2. The van der Waals surface area contributed by atoms with Crippen molar-refractivity contribution < 1.29 is 56.7 Å². The largest absolute Gasteiger partial charge is 2.00 e. The monoisotopic (exact) mass is 810 g/mol. The van der Waals surface area contributed by atoms with Crippen LogP contribution < -0.4 is 10.2 Å². The van der Waals surface area contributed by atoms with Crippen LogP contribution in [0.1, 0.15) is 128 Å². The minimum absolute atomic E-state index is 0. The van der Waals surface area contributed by atoms with Crippen molar-refractivity contribution in [3.8, 4) is 23.0 Å². The topological polar surface area (TPSA) is 186 Å². The fraction of sp³-hybridized carbons (Fsp3) is 0.378. The molecule has 10 nitrogen and oxygen atoms in total. The van der Waals surface area contributed by atoms with Gasteiger partial charge in [-0.2, -0.15) is 0 Å². The number of hydrogen-bond donors (Lipinski definition) is 4. The Bertz CT molecular complexity index is 1820. The first kappa shape index (κ1) is 48.9. The van der Waals surface area contributed by atoms with Crippen LogP contribution in [0.4, 0.5) is 11.4 Å². The van der Waals surface area contributed by atoms with Crippen molar-refractivity contribution in [2.45, 2.75) is 112 Å². The fourth-order valence-corrected chi connectivity index (χ4v) is 6.04. The number of aromatic hydroxyl groups is 2. The van der Waals surface area contributed by atoms with Crippen molar-refractivity contribution in [3.05, 3.63) is 106 Å². The van der Waals surface area contributed by atoms with E-state index in [4.69, 9.17) is 20.2 Å². The van der Waals surface area contributed by atoms with Gasteiger partial charge in [0, 0.05) is 0 Å². The molecule has 0 bridgehead atoms. The van der Waals surface area contributed by atoms with Gasteiger partial charge in [-0.1, -0.05) is 114 Å². The van der Waals surface area contributed by atoms with Gasteiger partial charge >= 0.3 is 28.4 Å². The zero-order valence-electron chi connectivity index (χ0n) is 33.3. The molecule has 0 radical (unpaired) electrons. The average Bonchev–Trinajstić information content (AvgIpc) is 3.15. The number of phenols is 2. The van der Waals surface area contributed by atoms with Crippen molar-refractivity contribution in [2.24, 2.45) is 9.98 Å². The Morgan fingerprint density at radius 3 is 1.30 bits per heavy atom. The van der Waals surface area contributed by atoms with Crippen LogP contribution in [0.3, 0.4) is 0 Å². The van der Waals surface area contributed by atoms with Crippen molar-refractivity contribution >= 4 is 34.7 Å². The van der Waals surface area contributed by atoms with Gasteiger partial charge in [-0.15, -0.1) is 0 Å². The van der Waals surface area contributed by atoms with E-state index >= 15 is 0 Å². The first-order valence-corrected chi connectivity index (χ1v) is 19.1. The SMILES string of the molecule is CCCCCCC(=Nc1ccccc1)C(CCC)=Nc1ccccc1.CCCc1c(C)cc(O)c([O-])c1C(=O)O.CCCc1c(C)cc(O)c([O-])c1C(=O)O.[Ni+2]. The molecule has 4 aromatic carbocycles. The number of carbonyl (C=O) groups is 2. The van der Waals surface area contributed by atoms with Crippen LogP contribution in [0, 0.1) is 13.8 Å². The summed E-state index contributed by atoms with van der Waals surface area (Å²) in [4.78, 5) is 31.7. The number of rotatable bonds is 16. The summed E-state index contributed by atoms with van der Waals surface area (Å²) >= 11 is 0. The van der Waals surface area contributed by atoms with E-state index in [9.17, 15) is 30.0 Å². The molecule has 0 fully saturated rings. The third-order valence-corrected chi connectivity index (χ3v) is 8.74. The number of para-hydroxylation sites is 2. The van der Waals surface area contributed by atoms with Gasteiger partial charge in [-0.25, -0.2) is 9.59 Å². The second-order valence-electron chi connectivity index (χ2n) is 13.2. The van der Waals surface area contributed by atoms with Gasteiger partial charge in [-0.3, -0.25) is 9.98 Å². The summed E-state index contributed by atoms with van der Waals surface area (Å²) in [5.41, 5.74) is 6.05. The van der Waals surface area contributed by atoms with E-state index in [1.54, 1.807) is 13.8 Å². The number of aliphatic imine (C=N–C) groups is 2. The Kier molecular flexibility index (Phi) is 22.6. The van der Waals surface area contributed by atoms with Crippen molar-refractivity contribution in [1.29, 1.82) is 0 Å². The molecular weight excluding hydrogens is 755 g/mol. The number of benzene rings is 4. The van der Waals surface area contributed by atoms with Crippen molar-refractivity contribution in [2.75, 3.05) is 0 Å². The van der Waals surface area contributed by atoms with Crippen LogP contribution in [0.25, 0.3) is 0 Å². The van der Waals surface area contributed by atoms with E-state index in [1.165, 1.54) is 37.8 Å². The molecule has 0 aliphatic rings. The maximum atomic E-state index is 11.4. The van der Waals surface area contributed by atoms with Crippen LogP contribution in [-0.2, 0) is 29.3 Å². The van der Waals surface area contributed by atoms with E-state index in [0.29, 0.717) is 35.1 Å². The average molecular weight is 812 g/mol. The Morgan fingerprint density at radius 1 is 0.571 bits per heavy atom. The van der Waals surface area contributed by atoms with E-state index in [0.717, 1.165) is 54.9 Å². The number of nitrogens with zero attached hydrogens (tertiary/aromatic N) is 2. The number of aromatic carboxylic acids is 2. The molecule has 0 aliphatic heterocycles. The molecule has 0 amide bonds. The molecule has 0 unspecified atom stereocenters. The summed E-state index contributed by atoms with van der Waals surface area (Å²) in [6, 6.07) is 23.1. The van der Waals surface area contributed by atoms with E-state index in [2.05, 4.69) is 38.1 Å². The molecule has 11 heteroatoms. The first-order chi connectivity index (χ1) is 26.3. The molecule has 0 aliphatic carbocycles. The van der Waals surface area contributed by atoms with Crippen LogP contribution in [0.2, 0.25) is 0 Å². The zero-order valence-corrected chi connectivity index (χ0v) is 34.3. The number of phenolic OH excluding ortho intramolecular Hbond substituents is 2. The van der Waals surface area contributed by atoms with Crippen LogP contribution in [0.15, 0.2) is 82.8 Å². The fourth-order valence-electron chi connectivity index (χ4n) is 6.04.